The van der Waals surface area contributed by atoms with Crippen molar-refractivity contribution >= 4 is 0 Å². The van der Waals surface area contributed by atoms with Crippen LogP contribution in [-0.4, -0.2) is 27.8 Å². The fraction of sp³-hybridized carbons (Fsp3) is 0.545. The molecule has 6 nitrogen and oxygen atoms in total. The van der Waals surface area contributed by atoms with Gasteiger partial charge in [0, 0.05) is 17.7 Å². The van der Waals surface area contributed by atoms with Crippen LogP contribution in [0.2, 0.25) is 0 Å². The first-order valence-electron chi connectivity index (χ1n) is 5.36. The molecule has 0 bridgehead atoms. The van der Waals surface area contributed by atoms with Crippen LogP contribution in [0.1, 0.15) is 29.3 Å². The smallest absolute Gasteiger partial charge is 0.122 e. The SMILES string of the molecule is Cc1cnc(C(O)C(O)CCN=[N+]=[N-])c(C)c1. The highest BCUT2D eigenvalue weighted by Crippen LogP contribution is 2.20. The summed E-state index contributed by atoms with van der Waals surface area (Å²) >= 11 is 0. The van der Waals surface area contributed by atoms with E-state index in [0.29, 0.717) is 5.69 Å². The summed E-state index contributed by atoms with van der Waals surface area (Å²) in [6, 6.07) is 1.89. The quantitative estimate of drug-likeness (QED) is 0.462. The maximum Gasteiger partial charge on any atom is 0.122 e. The number of aliphatic hydroxyl groups is 2. The van der Waals surface area contributed by atoms with Gasteiger partial charge in [-0.05, 0) is 36.9 Å². The van der Waals surface area contributed by atoms with E-state index >= 15 is 0 Å². The van der Waals surface area contributed by atoms with Crippen LogP contribution in [0.4, 0.5) is 0 Å². The minimum atomic E-state index is -1.05. The largest absolute Gasteiger partial charge is 0.390 e. The van der Waals surface area contributed by atoms with Gasteiger partial charge in [-0.2, -0.15) is 0 Å². The summed E-state index contributed by atoms with van der Waals surface area (Å²) < 4.78 is 0. The lowest BCUT2D eigenvalue weighted by Crippen LogP contribution is -2.21. The number of hydrogen-bond acceptors (Lipinski definition) is 4. The maximum atomic E-state index is 9.91. The van der Waals surface area contributed by atoms with Crippen molar-refractivity contribution in [2.75, 3.05) is 6.54 Å². The Bertz CT molecular complexity index is 429. The molecule has 0 aliphatic heterocycles. The van der Waals surface area contributed by atoms with E-state index in [9.17, 15) is 10.2 Å². The van der Waals surface area contributed by atoms with Gasteiger partial charge >= 0.3 is 0 Å². The highest BCUT2D eigenvalue weighted by molar-refractivity contribution is 5.25. The molecule has 0 aromatic carbocycles. The molecule has 0 saturated heterocycles. The van der Waals surface area contributed by atoms with Crippen LogP contribution in [0.5, 0.6) is 0 Å². The van der Waals surface area contributed by atoms with E-state index in [1.165, 1.54) is 0 Å². The fourth-order valence-electron chi connectivity index (χ4n) is 1.61. The zero-order valence-corrected chi connectivity index (χ0v) is 9.91. The lowest BCUT2D eigenvalue weighted by molar-refractivity contribution is 0.0121. The van der Waals surface area contributed by atoms with E-state index in [2.05, 4.69) is 15.0 Å². The number of azide groups is 1. The molecule has 1 rings (SSSR count). The van der Waals surface area contributed by atoms with Gasteiger partial charge in [-0.25, -0.2) is 0 Å². The summed E-state index contributed by atoms with van der Waals surface area (Å²) in [7, 11) is 0. The standard InChI is InChI=1S/C11H16N4O2/c1-7-5-8(2)10(13-6-7)11(17)9(16)3-4-14-15-12/h5-6,9,11,16-17H,3-4H2,1-2H3. The molecular weight excluding hydrogens is 220 g/mol. The topological polar surface area (TPSA) is 102 Å². The molecule has 17 heavy (non-hydrogen) atoms. The molecule has 0 saturated carbocycles. The Labute approximate surface area is 99.6 Å². The molecule has 1 aromatic rings. The Morgan fingerprint density at radius 2 is 2.18 bits per heavy atom. The van der Waals surface area contributed by atoms with Gasteiger partial charge in [0.15, 0.2) is 0 Å². The van der Waals surface area contributed by atoms with Crippen molar-refractivity contribution < 1.29 is 10.2 Å². The number of aromatic nitrogens is 1. The summed E-state index contributed by atoms with van der Waals surface area (Å²) in [6.45, 7) is 3.90. The molecule has 0 amide bonds. The van der Waals surface area contributed by atoms with E-state index in [1.807, 2.05) is 19.9 Å². The first kappa shape index (κ1) is 13.4. The van der Waals surface area contributed by atoms with E-state index < -0.39 is 12.2 Å². The summed E-state index contributed by atoms with van der Waals surface area (Å²) in [6.07, 6.45) is -0.176. The molecule has 2 N–H and O–H groups in total. The van der Waals surface area contributed by atoms with Gasteiger partial charge in [-0.15, -0.1) is 0 Å². The molecule has 0 aliphatic carbocycles. The van der Waals surface area contributed by atoms with Crippen molar-refractivity contribution in [2.45, 2.75) is 32.5 Å². The van der Waals surface area contributed by atoms with Crippen molar-refractivity contribution in [3.8, 4) is 0 Å². The second kappa shape index (κ2) is 6.20. The molecular formula is C11H16N4O2. The predicted molar refractivity (Wildman–Crippen MR) is 63.3 cm³/mol. The highest BCUT2D eigenvalue weighted by atomic mass is 16.3. The maximum absolute atomic E-state index is 9.91. The molecule has 0 radical (unpaired) electrons. The van der Waals surface area contributed by atoms with Crippen LogP contribution in [0.3, 0.4) is 0 Å². The summed E-state index contributed by atoms with van der Waals surface area (Å²) in [5.41, 5.74) is 10.4. The molecule has 1 heterocycles. The van der Waals surface area contributed by atoms with Gasteiger partial charge < -0.3 is 10.2 Å². The van der Waals surface area contributed by atoms with Gasteiger partial charge in [-0.3, -0.25) is 4.98 Å². The minimum absolute atomic E-state index is 0.152. The Hall–Kier alpha value is -1.62. The van der Waals surface area contributed by atoms with Gasteiger partial charge in [0.25, 0.3) is 0 Å². The number of aryl methyl sites for hydroxylation is 2. The highest BCUT2D eigenvalue weighted by Gasteiger charge is 2.20. The van der Waals surface area contributed by atoms with Gasteiger partial charge in [-0.1, -0.05) is 11.2 Å². The summed E-state index contributed by atoms with van der Waals surface area (Å²) in [4.78, 5) is 6.70. The number of hydrogen-bond donors (Lipinski definition) is 2. The molecule has 6 heteroatoms. The number of rotatable bonds is 5. The molecule has 0 fully saturated rings. The second-order valence-corrected chi connectivity index (χ2v) is 3.97. The lowest BCUT2D eigenvalue weighted by atomic mass is 10.0. The zero-order valence-electron chi connectivity index (χ0n) is 9.91. The van der Waals surface area contributed by atoms with E-state index in [0.717, 1.165) is 11.1 Å². The summed E-state index contributed by atoms with van der Waals surface area (Å²) in [5, 5.41) is 22.9. The van der Waals surface area contributed by atoms with Gasteiger partial charge in [0.1, 0.15) is 6.10 Å². The normalized spacial score (nSPS) is 13.9. The molecule has 2 atom stereocenters. The third kappa shape index (κ3) is 3.71. The first-order chi connectivity index (χ1) is 8.06. The van der Waals surface area contributed by atoms with Crippen molar-refractivity contribution in [3.63, 3.8) is 0 Å². The zero-order chi connectivity index (χ0) is 12.8. The van der Waals surface area contributed by atoms with E-state index in [-0.39, 0.29) is 13.0 Å². The Morgan fingerprint density at radius 3 is 2.76 bits per heavy atom. The van der Waals surface area contributed by atoms with Crippen molar-refractivity contribution in [3.05, 3.63) is 39.5 Å². The predicted octanol–water partition coefficient (Wildman–Crippen LogP) is 1.79. The second-order valence-electron chi connectivity index (χ2n) is 3.97. The van der Waals surface area contributed by atoms with Crippen LogP contribution in [-0.2, 0) is 0 Å². The average Bonchev–Trinajstić information content (AvgIpc) is 2.28. The van der Waals surface area contributed by atoms with Gasteiger partial charge in [0.2, 0.25) is 0 Å². The van der Waals surface area contributed by atoms with Crippen molar-refractivity contribution in [1.29, 1.82) is 0 Å². The summed E-state index contributed by atoms with van der Waals surface area (Å²) in [5.74, 6) is 0. The van der Waals surface area contributed by atoms with Crippen molar-refractivity contribution in [1.82, 2.24) is 4.98 Å². The van der Waals surface area contributed by atoms with Gasteiger partial charge in [0.05, 0.1) is 11.8 Å². The van der Waals surface area contributed by atoms with Crippen LogP contribution < -0.4 is 0 Å². The van der Waals surface area contributed by atoms with E-state index in [4.69, 9.17) is 5.53 Å². The van der Waals surface area contributed by atoms with Crippen LogP contribution >= 0.6 is 0 Å². The lowest BCUT2D eigenvalue weighted by Gasteiger charge is -2.18. The molecule has 1 aromatic heterocycles. The Morgan fingerprint density at radius 1 is 1.47 bits per heavy atom. The Balaban J connectivity index is 2.73. The monoisotopic (exact) mass is 236 g/mol. The van der Waals surface area contributed by atoms with Crippen molar-refractivity contribution in [2.24, 2.45) is 5.11 Å². The Kier molecular flexibility index (Phi) is 4.90. The van der Waals surface area contributed by atoms with Crippen LogP contribution in [0.25, 0.3) is 10.4 Å². The number of nitrogens with zero attached hydrogens (tertiary/aromatic N) is 4. The molecule has 0 spiro atoms. The van der Waals surface area contributed by atoms with Crippen LogP contribution in [0, 0.1) is 13.8 Å². The van der Waals surface area contributed by atoms with Crippen LogP contribution in [0.15, 0.2) is 17.4 Å². The number of pyridine rings is 1. The van der Waals surface area contributed by atoms with E-state index in [1.54, 1.807) is 6.20 Å². The minimum Gasteiger partial charge on any atom is -0.390 e. The third-order valence-electron chi connectivity index (χ3n) is 2.49. The fourth-order valence-corrected chi connectivity index (χ4v) is 1.61. The molecule has 92 valence electrons. The number of aliphatic hydroxyl groups excluding tert-OH is 2. The average molecular weight is 236 g/mol. The molecule has 0 aliphatic rings. The first-order valence-corrected chi connectivity index (χ1v) is 5.36. The third-order valence-corrected chi connectivity index (χ3v) is 2.49. The molecule has 2 unspecified atom stereocenters.